The second-order valence-electron chi connectivity index (χ2n) is 10.0. The van der Waals surface area contributed by atoms with E-state index < -0.39 is 30.6 Å². The fourth-order valence-corrected chi connectivity index (χ4v) is 5.13. The first-order valence-corrected chi connectivity index (χ1v) is 13.1. The van der Waals surface area contributed by atoms with Crippen molar-refractivity contribution in [2.75, 3.05) is 19.0 Å². The summed E-state index contributed by atoms with van der Waals surface area (Å²) in [6.45, 7) is 0.432. The molecule has 4 heterocycles. The highest BCUT2D eigenvalue weighted by atomic mass is 19.3. The molecule has 1 aliphatic carbocycles. The summed E-state index contributed by atoms with van der Waals surface area (Å²) in [5.74, 6) is -0.526. The predicted molar refractivity (Wildman–Crippen MR) is 139 cm³/mol. The first-order chi connectivity index (χ1) is 19.3. The van der Waals surface area contributed by atoms with Gasteiger partial charge in [-0.3, -0.25) is 14.0 Å². The second-order valence-corrected chi connectivity index (χ2v) is 10.0. The number of hydrogen-bond donors (Lipinski definition) is 1. The molecule has 0 spiro atoms. The highest BCUT2D eigenvalue weighted by Crippen LogP contribution is 2.40. The number of nitrogens with one attached hydrogen (secondary N) is 1. The summed E-state index contributed by atoms with van der Waals surface area (Å²) in [5.41, 5.74) is 2.15. The predicted octanol–water partition coefficient (Wildman–Crippen LogP) is 5.09. The summed E-state index contributed by atoms with van der Waals surface area (Å²) in [5, 5.41) is 7.61. The van der Waals surface area contributed by atoms with Crippen molar-refractivity contribution >= 4 is 28.3 Å². The van der Waals surface area contributed by atoms with Crippen LogP contribution in [0.5, 0.6) is 5.75 Å². The van der Waals surface area contributed by atoms with Crippen LogP contribution in [0.15, 0.2) is 30.6 Å². The molecule has 1 aliphatic heterocycles. The van der Waals surface area contributed by atoms with E-state index in [1.165, 1.54) is 11.7 Å². The maximum absolute atomic E-state index is 14.3. The van der Waals surface area contributed by atoms with Crippen LogP contribution in [0.1, 0.15) is 49.9 Å². The van der Waals surface area contributed by atoms with Crippen LogP contribution < -0.4 is 10.1 Å². The molecule has 0 amide bonds. The number of alkyl halides is 3. The number of pyridine rings is 1. The molecule has 40 heavy (non-hydrogen) atoms. The van der Waals surface area contributed by atoms with Crippen LogP contribution in [-0.2, 0) is 23.0 Å². The Morgan fingerprint density at radius 1 is 1.25 bits per heavy atom. The number of ether oxygens (including phenoxy) is 2. The van der Waals surface area contributed by atoms with Crippen molar-refractivity contribution < 1.29 is 27.4 Å². The second kappa shape index (κ2) is 10.5. The lowest BCUT2D eigenvalue weighted by Gasteiger charge is -2.25. The number of para-hydroxylation sites is 1. The quantitative estimate of drug-likeness (QED) is 0.304. The molecule has 10 nitrogen and oxygen atoms in total. The number of hydrogen-bond acceptors (Lipinski definition) is 8. The lowest BCUT2D eigenvalue weighted by molar-refractivity contribution is -0.120. The summed E-state index contributed by atoms with van der Waals surface area (Å²) in [6.07, 6.45) is -0.901. The average Bonchev–Trinajstić information content (AvgIpc) is 3.33. The van der Waals surface area contributed by atoms with Gasteiger partial charge in [0.15, 0.2) is 23.0 Å². The van der Waals surface area contributed by atoms with Crippen LogP contribution in [0.2, 0.25) is 0 Å². The zero-order chi connectivity index (χ0) is 28.0. The Balaban J connectivity index is 1.48. The number of aromatic nitrogens is 6. The minimum Gasteiger partial charge on any atom is -0.494 e. The Morgan fingerprint density at radius 2 is 2.08 bits per heavy atom. The van der Waals surface area contributed by atoms with Crippen LogP contribution in [0.25, 0.3) is 22.6 Å². The zero-order valence-electron chi connectivity index (χ0n) is 22.0. The number of benzene rings is 1. The number of carbonyl (C=O) groups is 1. The molecular formula is C27H28F3N7O3. The average molecular weight is 556 g/mol. The number of fused-ring (bicyclic) bond motifs is 1. The molecule has 4 aromatic rings. The summed E-state index contributed by atoms with van der Waals surface area (Å²) in [4.78, 5) is 25.9. The number of nitrogens with zero attached hydrogens (tertiary/aromatic N) is 6. The number of rotatable bonds is 9. The molecule has 6 rings (SSSR count). The first kappa shape index (κ1) is 26.2. The van der Waals surface area contributed by atoms with E-state index in [0.717, 1.165) is 12.8 Å². The van der Waals surface area contributed by atoms with Gasteiger partial charge in [0, 0.05) is 20.1 Å². The fourth-order valence-electron chi connectivity index (χ4n) is 5.13. The van der Waals surface area contributed by atoms with Crippen molar-refractivity contribution in [3.05, 3.63) is 42.1 Å². The number of halogens is 3. The maximum atomic E-state index is 14.3. The summed E-state index contributed by atoms with van der Waals surface area (Å²) >= 11 is 0. The van der Waals surface area contributed by atoms with Crippen LogP contribution >= 0.6 is 0 Å². The molecule has 210 valence electrons. The molecular weight excluding hydrogens is 527 g/mol. The monoisotopic (exact) mass is 555 g/mol. The Labute approximate surface area is 227 Å². The Morgan fingerprint density at radius 3 is 2.73 bits per heavy atom. The van der Waals surface area contributed by atoms with E-state index in [2.05, 4.69) is 25.4 Å². The summed E-state index contributed by atoms with van der Waals surface area (Å²) in [6, 6.07) is 6.94. The molecule has 1 unspecified atom stereocenters. The van der Waals surface area contributed by atoms with Gasteiger partial charge in [-0.05, 0) is 43.9 Å². The molecule has 1 N–H and O–H groups in total. The Bertz CT molecular complexity index is 1560. The van der Waals surface area contributed by atoms with Crippen LogP contribution in [-0.4, -0.2) is 55.0 Å². The highest BCUT2D eigenvalue weighted by Gasteiger charge is 2.43. The SMILES string of the molecule is COc1c(Nc2cc(CC(=O)[C@@H]3C[C@@H]3F)nc3c2nc(C(F)F)n3C2CCCCO2)cccc1-c1ncn(C)n1. The molecule has 1 aromatic carbocycles. The number of methoxy groups -OCH3 is 1. The number of aryl methyl sites for hydroxylation is 1. The smallest absolute Gasteiger partial charge is 0.295 e. The number of Topliss-reactive ketones (excluding diaryl/α,β-unsaturated/α-hetero) is 1. The maximum Gasteiger partial charge on any atom is 0.295 e. The highest BCUT2D eigenvalue weighted by molar-refractivity contribution is 5.92. The van der Waals surface area contributed by atoms with E-state index in [-0.39, 0.29) is 29.8 Å². The first-order valence-electron chi connectivity index (χ1n) is 13.1. The molecule has 2 fully saturated rings. The molecule has 13 heteroatoms. The molecule has 0 bridgehead atoms. The lowest BCUT2D eigenvalue weighted by Crippen LogP contribution is -2.21. The molecule has 3 aromatic heterocycles. The standard InChI is InChI=1S/C27H28F3N7O3/c1-36-13-31-25(35-36)15-6-5-7-18(23(15)39-2)33-19-10-14(11-20(38)16-12-17(16)28)32-26-22(19)34-27(24(29)30)37(26)21-8-3-4-9-40-21/h5-7,10,13,16-17,21,24H,3-4,8-9,11-12H2,1-2H3,(H,32,33)/t16-,17+,21?/m1/s1. The van der Waals surface area contributed by atoms with E-state index in [0.29, 0.717) is 47.2 Å². The van der Waals surface area contributed by atoms with Crippen LogP contribution in [0.3, 0.4) is 0 Å². The zero-order valence-corrected chi connectivity index (χ0v) is 22.0. The Hall–Kier alpha value is -4.00. The molecule has 1 saturated heterocycles. The minimum absolute atomic E-state index is 0.133. The fraction of sp³-hybridized carbons (Fsp3) is 0.444. The van der Waals surface area contributed by atoms with Crippen molar-refractivity contribution in [1.29, 1.82) is 0 Å². The van der Waals surface area contributed by atoms with Crippen molar-refractivity contribution in [1.82, 2.24) is 29.3 Å². The van der Waals surface area contributed by atoms with Gasteiger partial charge in [0.1, 0.15) is 30.0 Å². The van der Waals surface area contributed by atoms with Crippen LogP contribution in [0.4, 0.5) is 24.5 Å². The number of imidazole rings is 1. The summed E-state index contributed by atoms with van der Waals surface area (Å²) < 4.78 is 56.6. The van der Waals surface area contributed by atoms with Gasteiger partial charge < -0.3 is 14.8 Å². The van der Waals surface area contributed by atoms with Gasteiger partial charge in [0.25, 0.3) is 6.43 Å². The van der Waals surface area contributed by atoms with Gasteiger partial charge in [0.2, 0.25) is 0 Å². The van der Waals surface area contributed by atoms with Crippen LogP contribution in [0, 0.1) is 5.92 Å². The lowest BCUT2D eigenvalue weighted by atomic mass is 10.1. The normalized spacial score (nSPS) is 20.7. The van der Waals surface area contributed by atoms with Gasteiger partial charge in [0.05, 0.1) is 35.7 Å². The van der Waals surface area contributed by atoms with E-state index in [1.54, 1.807) is 42.3 Å². The van der Waals surface area contributed by atoms with Gasteiger partial charge in [-0.1, -0.05) is 6.07 Å². The van der Waals surface area contributed by atoms with E-state index in [4.69, 9.17) is 9.47 Å². The van der Waals surface area contributed by atoms with Crippen molar-refractivity contribution in [2.24, 2.45) is 13.0 Å². The van der Waals surface area contributed by atoms with E-state index >= 15 is 0 Å². The van der Waals surface area contributed by atoms with Gasteiger partial charge >= 0.3 is 0 Å². The number of ketones is 1. The molecule has 2 aliphatic rings. The third-order valence-electron chi connectivity index (χ3n) is 7.18. The number of carbonyl (C=O) groups excluding carboxylic acids is 1. The minimum atomic E-state index is -2.88. The van der Waals surface area contributed by atoms with Gasteiger partial charge in [-0.2, -0.15) is 5.10 Å². The molecule has 1 saturated carbocycles. The van der Waals surface area contributed by atoms with Crippen molar-refractivity contribution in [3.63, 3.8) is 0 Å². The number of anilines is 2. The van der Waals surface area contributed by atoms with Crippen molar-refractivity contribution in [2.45, 2.75) is 50.9 Å². The molecule has 0 radical (unpaired) electrons. The topological polar surface area (TPSA) is 109 Å². The van der Waals surface area contributed by atoms with E-state index in [9.17, 15) is 18.0 Å². The Kier molecular flexibility index (Phi) is 6.90. The largest absolute Gasteiger partial charge is 0.494 e. The van der Waals surface area contributed by atoms with E-state index in [1.807, 2.05) is 0 Å². The summed E-state index contributed by atoms with van der Waals surface area (Å²) in [7, 11) is 3.26. The third kappa shape index (κ3) is 4.89. The van der Waals surface area contributed by atoms with Crippen molar-refractivity contribution in [3.8, 4) is 17.1 Å². The molecule has 3 atom stereocenters. The van der Waals surface area contributed by atoms with Gasteiger partial charge in [-0.15, -0.1) is 0 Å². The van der Waals surface area contributed by atoms with Gasteiger partial charge in [-0.25, -0.2) is 28.1 Å². The third-order valence-corrected chi connectivity index (χ3v) is 7.18.